The largest absolute Gasteiger partial charge is 0.461 e. The Morgan fingerprint density at radius 3 is 3.31 bits per heavy atom. The molecule has 2 aromatic heterocycles. The summed E-state index contributed by atoms with van der Waals surface area (Å²) in [6.07, 6.45) is 3.39. The number of nitrogens with zero attached hydrogens (tertiary/aromatic N) is 2. The van der Waals surface area contributed by atoms with Crippen LogP contribution in [0, 0.1) is 0 Å². The minimum Gasteiger partial charge on any atom is -0.461 e. The van der Waals surface area contributed by atoms with Crippen LogP contribution in [0.1, 0.15) is 17.4 Å². The Labute approximate surface area is 74.3 Å². The van der Waals surface area contributed by atoms with E-state index in [0.29, 0.717) is 17.9 Å². The van der Waals surface area contributed by atoms with Crippen molar-refractivity contribution in [3.63, 3.8) is 0 Å². The van der Waals surface area contributed by atoms with Gasteiger partial charge in [0.05, 0.1) is 6.61 Å². The predicted molar refractivity (Wildman–Crippen MR) is 45.5 cm³/mol. The first-order valence-electron chi connectivity index (χ1n) is 4.00. The van der Waals surface area contributed by atoms with Gasteiger partial charge in [0, 0.05) is 18.5 Å². The Kier molecular flexibility index (Phi) is 1.77. The fourth-order valence-electron chi connectivity index (χ4n) is 1.12. The highest BCUT2D eigenvalue weighted by atomic mass is 16.5. The number of nitrogens with one attached hydrogen (secondary N) is 1. The molecule has 0 aliphatic carbocycles. The molecule has 0 amide bonds. The Hall–Kier alpha value is -1.78. The van der Waals surface area contributed by atoms with E-state index < -0.39 is 0 Å². The molecule has 0 bridgehead atoms. The first-order chi connectivity index (χ1) is 6.31. The minimum absolute atomic E-state index is 0.354. The number of aromatic nitrogens is 3. The van der Waals surface area contributed by atoms with Crippen LogP contribution in [0.15, 0.2) is 18.5 Å². The van der Waals surface area contributed by atoms with Gasteiger partial charge in [-0.3, -0.25) is 5.10 Å². The van der Waals surface area contributed by atoms with E-state index in [9.17, 15) is 4.79 Å². The van der Waals surface area contributed by atoms with E-state index in [4.69, 9.17) is 4.74 Å². The second-order valence-corrected chi connectivity index (χ2v) is 2.55. The summed E-state index contributed by atoms with van der Waals surface area (Å²) < 4.78 is 6.47. The van der Waals surface area contributed by atoms with Crippen LogP contribution in [-0.2, 0) is 4.74 Å². The maximum absolute atomic E-state index is 11.2. The van der Waals surface area contributed by atoms with Crippen molar-refractivity contribution in [2.24, 2.45) is 0 Å². The van der Waals surface area contributed by atoms with Gasteiger partial charge in [-0.05, 0) is 6.92 Å². The molecule has 2 rings (SSSR count). The molecule has 2 aromatic rings. The molecule has 0 unspecified atom stereocenters. The maximum Gasteiger partial charge on any atom is 0.356 e. The molecule has 0 spiro atoms. The van der Waals surface area contributed by atoms with Crippen LogP contribution in [0.3, 0.4) is 0 Å². The number of rotatable bonds is 2. The predicted octanol–water partition coefficient (Wildman–Crippen LogP) is 0.839. The molecule has 0 atom stereocenters. The molecule has 0 aromatic carbocycles. The van der Waals surface area contributed by atoms with Gasteiger partial charge in [-0.25, -0.2) is 14.3 Å². The summed E-state index contributed by atoms with van der Waals surface area (Å²) in [6, 6.07) is 1.65. The fraction of sp³-hybridized carbons (Fsp3) is 0.250. The third kappa shape index (κ3) is 1.28. The van der Waals surface area contributed by atoms with Crippen molar-refractivity contribution in [2.45, 2.75) is 6.92 Å². The molecule has 0 saturated heterocycles. The average molecular weight is 179 g/mol. The monoisotopic (exact) mass is 179 g/mol. The summed E-state index contributed by atoms with van der Waals surface area (Å²) in [7, 11) is 0. The smallest absolute Gasteiger partial charge is 0.356 e. The van der Waals surface area contributed by atoms with Gasteiger partial charge in [-0.2, -0.15) is 0 Å². The van der Waals surface area contributed by atoms with Gasteiger partial charge in [0.25, 0.3) is 0 Å². The Balaban J connectivity index is 2.34. The molecule has 0 aliphatic rings. The molecule has 0 saturated carbocycles. The van der Waals surface area contributed by atoms with E-state index >= 15 is 0 Å². The molecule has 5 nitrogen and oxygen atoms in total. The van der Waals surface area contributed by atoms with Crippen molar-refractivity contribution >= 4 is 11.6 Å². The summed E-state index contributed by atoms with van der Waals surface area (Å²) in [4.78, 5) is 15.2. The summed E-state index contributed by atoms with van der Waals surface area (Å²) >= 11 is 0. The van der Waals surface area contributed by atoms with E-state index in [1.54, 1.807) is 29.9 Å². The molecule has 0 radical (unpaired) electrons. The summed E-state index contributed by atoms with van der Waals surface area (Å²) in [5.74, 6) is -0.354. The summed E-state index contributed by atoms with van der Waals surface area (Å²) in [5, 5.41) is 2.84. The number of carbonyl (C=O) groups is 1. The molecular formula is C8H9N3O2. The van der Waals surface area contributed by atoms with Gasteiger partial charge in [-0.1, -0.05) is 0 Å². The molecule has 0 fully saturated rings. The number of H-pyrrole nitrogens is 1. The van der Waals surface area contributed by atoms with Crippen molar-refractivity contribution in [1.82, 2.24) is 14.6 Å². The SMILES string of the molecule is CCOC(=O)c1cc2nccn2[nH]1. The van der Waals surface area contributed by atoms with E-state index in [0.717, 1.165) is 0 Å². The Morgan fingerprint density at radius 1 is 1.77 bits per heavy atom. The molecular weight excluding hydrogens is 170 g/mol. The van der Waals surface area contributed by atoms with Crippen molar-refractivity contribution in [1.29, 1.82) is 0 Å². The number of aromatic amines is 1. The molecule has 13 heavy (non-hydrogen) atoms. The van der Waals surface area contributed by atoms with E-state index in [2.05, 4.69) is 10.1 Å². The Bertz CT molecular complexity index is 401. The number of hydrogen-bond donors (Lipinski definition) is 1. The molecule has 0 aliphatic heterocycles. The highest BCUT2D eigenvalue weighted by Gasteiger charge is 2.09. The van der Waals surface area contributed by atoms with Crippen molar-refractivity contribution in [3.05, 3.63) is 24.2 Å². The van der Waals surface area contributed by atoms with Gasteiger partial charge >= 0.3 is 5.97 Å². The first-order valence-corrected chi connectivity index (χ1v) is 4.00. The number of imidazole rings is 1. The van der Waals surface area contributed by atoms with Crippen LogP contribution in [-0.4, -0.2) is 27.2 Å². The van der Waals surface area contributed by atoms with Gasteiger partial charge in [0.2, 0.25) is 0 Å². The number of hydrogen-bond acceptors (Lipinski definition) is 3. The number of carbonyl (C=O) groups excluding carboxylic acids is 1. The van der Waals surface area contributed by atoms with Gasteiger partial charge in [0.15, 0.2) is 5.65 Å². The minimum atomic E-state index is -0.354. The number of ether oxygens (including phenoxy) is 1. The number of esters is 1. The van der Waals surface area contributed by atoms with Gasteiger partial charge in [0.1, 0.15) is 5.69 Å². The van der Waals surface area contributed by atoms with Crippen molar-refractivity contribution < 1.29 is 9.53 Å². The quantitative estimate of drug-likeness (QED) is 0.695. The number of fused-ring (bicyclic) bond motifs is 1. The zero-order chi connectivity index (χ0) is 9.26. The average Bonchev–Trinajstić information content (AvgIpc) is 2.61. The van der Waals surface area contributed by atoms with Crippen LogP contribution in [0.5, 0.6) is 0 Å². The van der Waals surface area contributed by atoms with Crippen molar-refractivity contribution in [2.75, 3.05) is 6.61 Å². The van der Waals surface area contributed by atoms with Crippen LogP contribution in [0.2, 0.25) is 0 Å². The van der Waals surface area contributed by atoms with E-state index in [-0.39, 0.29) is 5.97 Å². The highest BCUT2D eigenvalue weighted by molar-refractivity contribution is 5.88. The second-order valence-electron chi connectivity index (χ2n) is 2.55. The van der Waals surface area contributed by atoms with Crippen molar-refractivity contribution in [3.8, 4) is 0 Å². The van der Waals surface area contributed by atoms with Crippen LogP contribution >= 0.6 is 0 Å². The zero-order valence-electron chi connectivity index (χ0n) is 7.15. The van der Waals surface area contributed by atoms with Gasteiger partial charge in [-0.15, -0.1) is 0 Å². The molecule has 68 valence electrons. The Morgan fingerprint density at radius 2 is 2.62 bits per heavy atom. The topological polar surface area (TPSA) is 59.4 Å². The molecule has 1 N–H and O–H groups in total. The molecule has 5 heteroatoms. The van der Waals surface area contributed by atoms with E-state index in [1.807, 2.05) is 0 Å². The summed E-state index contributed by atoms with van der Waals surface area (Å²) in [6.45, 7) is 2.14. The van der Waals surface area contributed by atoms with Crippen LogP contribution in [0.25, 0.3) is 5.65 Å². The van der Waals surface area contributed by atoms with Crippen LogP contribution < -0.4 is 0 Å². The first kappa shape index (κ1) is 7.85. The maximum atomic E-state index is 11.2. The van der Waals surface area contributed by atoms with E-state index in [1.165, 1.54) is 0 Å². The highest BCUT2D eigenvalue weighted by Crippen LogP contribution is 2.04. The second kappa shape index (κ2) is 2.93. The zero-order valence-corrected chi connectivity index (χ0v) is 7.15. The third-order valence-corrected chi connectivity index (χ3v) is 1.68. The summed E-state index contributed by atoms with van der Waals surface area (Å²) in [5.41, 5.74) is 1.13. The fourth-order valence-corrected chi connectivity index (χ4v) is 1.12. The lowest BCUT2D eigenvalue weighted by Gasteiger charge is -1.96. The lowest BCUT2D eigenvalue weighted by molar-refractivity contribution is 0.0519. The van der Waals surface area contributed by atoms with Crippen LogP contribution in [0.4, 0.5) is 0 Å². The normalized spacial score (nSPS) is 10.5. The third-order valence-electron chi connectivity index (χ3n) is 1.68. The lowest BCUT2D eigenvalue weighted by atomic mass is 10.4. The van der Waals surface area contributed by atoms with Gasteiger partial charge < -0.3 is 4.74 Å². The molecule has 2 heterocycles. The standard InChI is InChI=1S/C8H9N3O2/c1-2-13-8(12)6-5-7-9-3-4-11(7)10-6/h3-5,10H,2H2,1H3. The lowest BCUT2D eigenvalue weighted by Crippen LogP contribution is -2.05.